The van der Waals surface area contributed by atoms with Gasteiger partial charge in [0.1, 0.15) is 17.6 Å². The Morgan fingerprint density at radius 1 is 0.946 bits per heavy atom. The minimum Gasteiger partial charge on any atom is -0.493 e. The lowest BCUT2D eigenvalue weighted by molar-refractivity contribution is 0.117. The molecule has 0 unspecified atom stereocenters. The Labute approximate surface area is 218 Å². The van der Waals surface area contributed by atoms with E-state index in [9.17, 15) is 0 Å². The monoisotopic (exact) mass is 492 g/mol. The van der Waals surface area contributed by atoms with Gasteiger partial charge in [0, 0.05) is 43.5 Å². The van der Waals surface area contributed by atoms with Crippen LogP contribution in [0, 0.1) is 18.8 Å². The SMILES string of the molecule is C=C1O[C@@H](c2ccc(OCCc3nc(-c4ccccc4)oc3C)cc2)[C@@H]2CN(Cc3ccccc3)C[C@H]12. The number of oxazole rings is 1. The van der Waals surface area contributed by atoms with Crippen molar-refractivity contribution < 1.29 is 13.9 Å². The first kappa shape index (κ1) is 23.6. The lowest BCUT2D eigenvalue weighted by Crippen LogP contribution is -2.23. The van der Waals surface area contributed by atoms with E-state index < -0.39 is 0 Å². The summed E-state index contributed by atoms with van der Waals surface area (Å²) in [7, 11) is 0. The van der Waals surface area contributed by atoms with Crippen molar-refractivity contribution >= 4 is 0 Å². The van der Waals surface area contributed by atoms with Crippen LogP contribution in [0.2, 0.25) is 0 Å². The smallest absolute Gasteiger partial charge is 0.226 e. The molecule has 0 spiro atoms. The van der Waals surface area contributed by atoms with E-state index in [2.05, 4.69) is 58.9 Å². The summed E-state index contributed by atoms with van der Waals surface area (Å²) < 4.78 is 18.2. The number of fused-ring (bicyclic) bond motifs is 1. The van der Waals surface area contributed by atoms with E-state index in [1.807, 2.05) is 49.4 Å². The molecular weight excluding hydrogens is 460 g/mol. The van der Waals surface area contributed by atoms with Gasteiger partial charge in [0.05, 0.1) is 18.1 Å². The molecule has 6 rings (SSSR count). The van der Waals surface area contributed by atoms with Crippen molar-refractivity contribution in [3.8, 4) is 17.2 Å². The van der Waals surface area contributed by atoms with Crippen LogP contribution in [0.5, 0.6) is 5.75 Å². The Bertz CT molecular complexity index is 1350. The Morgan fingerprint density at radius 3 is 2.43 bits per heavy atom. The second kappa shape index (κ2) is 10.3. The maximum atomic E-state index is 6.26. The molecule has 0 bridgehead atoms. The van der Waals surface area contributed by atoms with E-state index in [4.69, 9.17) is 13.9 Å². The van der Waals surface area contributed by atoms with Gasteiger partial charge in [-0.2, -0.15) is 0 Å². The van der Waals surface area contributed by atoms with Crippen LogP contribution in [-0.4, -0.2) is 29.6 Å². The fourth-order valence-corrected chi connectivity index (χ4v) is 5.57. The van der Waals surface area contributed by atoms with Gasteiger partial charge < -0.3 is 13.9 Å². The first-order valence-corrected chi connectivity index (χ1v) is 13.0. The van der Waals surface area contributed by atoms with Gasteiger partial charge in [-0.15, -0.1) is 0 Å². The zero-order chi connectivity index (χ0) is 25.2. The Morgan fingerprint density at radius 2 is 1.68 bits per heavy atom. The van der Waals surface area contributed by atoms with Gasteiger partial charge in [-0.3, -0.25) is 4.90 Å². The number of rotatable bonds is 8. The fraction of sp³-hybridized carbons (Fsp3) is 0.281. The fourth-order valence-electron chi connectivity index (χ4n) is 5.57. The minimum absolute atomic E-state index is 0.0431. The summed E-state index contributed by atoms with van der Waals surface area (Å²) in [6, 6.07) is 29.0. The molecule has 2 fully saturated rings. The van der Waals surface area contributed by atoms with Crippen molar-refractivity contribution in [2.75, 3.05) is 19.7 Å². The second-order valence-electron chi connectivity index (χ2n) is 10.0. The summed E-state index contributed by atoms with van der Waals surface area (Å²) in [5, 5.41) is 0. The average molecular weight is 493 g/mol. The number of nitrogens with zero attached hydrogens (tertiary/aromatic N) is 2. The van der Waals surface area contributed by atoms with E-state index in [1.165, 1.54) is 11.1 Å². The predicted octanol–water partition coefficient (Wildman–Crippen LogP) is 6.60. The third-order valence-corrected chi connectivity index (χ3v) is 7.50. The van der Waals surface area contributed by atoms with Gasteiger partial charge in [0.25, 0.3) is 0 Å². The highest BCUT2D eigenvalue weighted by atomic mass is 16.5. The summed E-state index contributed by atoms with van der Waals surface area (Å²) in [5.41, 5.74) is 4.45. The largest absolute Gasteiger partial charge is 0.493 e. The first-order chi connectivity index (χ1) is 18.1. The molecule has 0 N–H and O–H groups in total. The number of hydrogen-bond acceptors (Lipinski definition) is 5. The molecule has 2 aliphatic heterocycles. The molecular formula is C32H32N2O3. The first-order valence-electron chi connectivity index (χ1n) is 13.0. The van der Waals surface area contributed by atoms with E-state index in [-0.39, 0.29) is 6.10 Å². The topological polar surface area (TPSA) is 47.7 Å². The molecule has 2 aliphatic rings. The lowest BCUT2D eigenvalue weighted by Gasteiger charge is -2.21. The molecule has 3 atom stereocenters. The molecule has 2 saturated heterocycles. The van der Waals surface area contributed by atoms with Gasteiger partial charge in [0.15, 0.2) is 0 Å². The molecule has 0 aliphatic carbocycles. The lowest BCUT2D eigenvalue weighted by atomic mass is 9.89. The molecule has 3 heterocycles. The van der Waals surface area contributed by atoms with Crippen molar-refractivity contribution in [3.63, 3.8) is 0 Å². The molecule has 0 saturated carbocycles. The average Bonchev–Trinajstić information content (AvgIpc) is 3.60. The summed E-state index contributed by atoms with van der Waals surface area (Å²) in [5.74, 6) is 4.07. The van der Waals surface area contributed by atoms with Crippen LogP contribution in [0.25, 0.3) is 11.5 Å². The molecule has 188 valence electrons. The van der Waals surface area contributed by atoms with Gasteiger partial charge in [-0.25, -0.2) is 4.98 Å². The molecule has 0 radical (unpaired) electrons. The van der Waals surface area contributed by atoms with Crippen molar-refractivity contribution in [2.24, 2.45) is 11.8 Å². The summed E-state index contributed by atoms with van der Waals surface area (Å²) >= 11 is 0. The van der Waals surface area contributed by atoms with Gasteiger partial charge in [-0.05, 0) is 42.3 Å². The van der Waals surface area contributed by atoms with E-state index in [0.29, 0.717) is 30.8 Å². The van der Waals surface area contributed by atoms with Gasteiger partial charge in [0.2, 0.25) is 5.89 Å². The third-order valence-electron chi connectivity index (χ3n) is 7.50. The Hall–Kier alpha value is -3.83. The van der Waals surface area contributed by atoms with Crippen molar-refractivity contribution in [1.29, 1.82) is 0 Å². The molecule has 4 aromatic rings. The third kappa shape index (κ3) is 5.05. The zero-order valence-electron chi connectivity index (χ0n) is 21.2. The van der Waals surface area contributed by atoms with Crippen LogP contribution in [0.1, 0.15) is 28.7 Å². The minimum atomic E-state index is 0.0431. The molecule has 3 aromatic carbocycles. The van der Waals surface area contributed by atoms with Crippen molar-refractivity contribution in [3.05, 3.63) is 120 Å². The summed E-state index contributed by atoms with van der Waals surface area (Å²) in [4.78, 5) is 7.20. The van der Waals surface area contributed by atoms with E-state index >= 15 is 0 Å². The molecule has 37 heavy (non-hydrogen) atoms. The normalized spacial score (nSPS) is 21.1. The van der Waals surface area contributed by atoms with Crippen LogP contribution >= 0.6 is 0 Å². The predicted molar refractivity (Wildman–Crippen MR) is 144 cm³/mol. The van der Waals surface area contributed by atoms with Gasteiger partial charge in [-0.1, -0.05) is 67.2 Å². The molecule has 0 amide bonds. The van der Waals surface area contributed by atoms with Gasteiger partial charge >= 0.3 is 0 Å². The Kier molecular flexibility index (Phi) is 6.54. The number of hydrogen-bond donors (Lipinski definition) is 0. The molecule has 5 heteroatoms. The van der Waals surface area contributed by atoms with Crippen LogP contribution in [0.3, 0.4) is 0 Å². The van der Waals surface area contributed by atoms with E-state index in [1.54, 1.807) is 0 Å². The maximum Gasteiger partial charge on any atom is 0.226 e. The molecule has 5 nitrogen and oxygen atoms in total. The quantitative estimate of drug-likeness (QED) is 0.277. The van der Waals surface area contributed by atoms with Crippen LogP contribution < -0.4 is 4.74 Å². The zero-order valence-corrected chi connectivity index (χ0v) is 21.2. The summed E-state index contributed by atoms with van der Waals surface area (Å²) in [6.07, 6.45) is 0.734. The second-order valence-corrected chi connectivity index (χ2v) is 10.0. The van der Waals surface area contributed by atoms with Crippen LogP contribution in [0.4, 0.5) is 0 Å². The van der Waals surface area contributed by atoms with Crippen molar-refractivity contribution in [1.82, 2.24) is 9.88 Å². The number of aromatic nitrogens is 1. The van der Waals surface area contributed by atoms with Crippen LogP contribution in [0.15, 0.2) is 102 Å². The number of benzene rings is 3. The highest BCUT2D eigenvalue weighted by Gasteiger charge is 2.47. The maximum absolute atomic E-state index is 6.26. The highest BCUT2D eigenvalue weighted by Crippen LogP contribution is 2.48. The number of ether oxygens (including phenoxy) is 2. The van der Waals surface area contributed by atoms with Crippen molar-refractivity contribution in [2.45, 2.75) is 26.0 Å². The highest BCUT2D eigenvalue weighted by molar-refractivity contribution is 5.53. The van der Waals surface area contributed by atoms with Crippen LogP contribution in [-0.2, 0) is 17.7 Å². The number of likely N-dealkylation sites (tertiary alicyclic amines) is 1. The number of aryl methyl sites for hydroxylation is 1. The Balaban J connectivity index is 1.05. The summed E-state index contributed by atoms with van der Waals surface area (Å²) in [6.45, 7) is 9.73. The van der Waals surface area contributed by atoms with E-state index in [0.717, 1.165) is 48.2 Å². The standard InChI is InChI=1S/C32H32N2O3/c1-22-28-20-34(19-24-9-5-3-6-10-24)21-29(28)31(36-22)25-13-15-27(16-14-25)35-18-17-30-23(2)37-32(33-30)26-11-7-4-8-12-26/h3-16,28-29,31H,1,17-21H2,2H3/t28-,29-,31+/m1/s1. The molecule has 1 aromatic heterocycles.